The molecule has 0 spiro atoms. The quantitative estimate of drug-likeness (QED) is 0.383. The molecule has 6 nitrogen and oxygen atoms in total. The lowest BCUT2D eigenvalue weighted by Gasteiger charge is -2.71. The Morgan fingerprint density at radius 2 is 1.53 bits per heavy atom. The molecule has 0 saturated heterocycles. The summed E-state index contributed by atoms with van der Waals surface area (Å²) >= 11 is 0. The van der Waals surface area contributed by atoms with Crippen LogP contribution in [0, 0.1) is 50.7 Å². The van der Waals surface area contributed by atoms with Crippen LogP contribution in [0.4, 0.5) is 0 Å². The zero-order valence-electron chi connectivity index (χ0n) is 22.9. The number of hydrogen-bond acceptors (Lipinski definition) is 4. The number of fused-ring (bicyclic) bond motifs is 7. The van der Waals surface area contributed by atoms with Crippen LogP contribution in [0.15, 0.2) is 11.6 Å². The van der Waals surface area contributed by atoms with Gasteiger partial charge in [-0.1, -0.05) is 39.3 Å². The first-order valence-corrected chi connectivity index (χ1v) is 14.1. The maximum atomic E-state index is 12.8. The van der Waals surface area contributed by atoms with E-state index >= 15 is 0 Å². The van der Waals surface area contributed by atoms with Crippen LogP contribution < -0.4 is 0 Å². The molecule has 202 valence electrons. The number of carbonyl (C=O) groups is 2. The van der Waals surface area contributed by atoms with E-state index in [2.05, 4.69) is 33.8 Å². The molecule has 0 unspecified atom stereocenters. The highest BCUT2D eigenvalue weighted by atomic mass is 16.4. The van der Waals surface area contributed by atoms with E-state index in [4.69, 9.17) is 0 Å². The van der Waals surface area contributed by atoms with Crippen molar-refractivity contribution in [1.29, 1.82) is 0 Å². The Morgan fingerprint density at radius 3 is 2.14 bits per heavy atom. The molecule has 5 rings (SSSR count). The summed E-state index contributed by atoms with van der Waals surface area (Å²) in [6.45, 7) is 12.6. The molecule has 6 heteroatoms. The number of aliphatic hydroxyl groups excluding tert-OH is 1. The molecule has 0 aromatic heterocycles. The van der Waals surface area contributed by atoms with Crippen molar-refractivity contribution in [1.82, 2.24) is 0 Å². The summed E-state index contributed by atoms with van der Waals surface area (Å²) in [7, 11) is 0. The van der Waals surface area contributed by atoms with Gasteiger partial charge in [0.05, 0.1) is 22.5 Å². The fraction of sp³-hybridized carbons (Fsp3) is 0.867. The van der Waals surface area contributed by atoms with E-state index in [0.717, 1.165) is 44.1 Å². The summed E-state index contributed by atoms with van der Waals surface area (Å²) in [4.78, 5) is 25.4. The predicted molar refractivity (Wildman–Crippen MR) is 136 cm³/mol. The molecule has 0 aromatic carbocycles. The van der Waals surface area contributed by atoms with Crippen molar-refractivity contribution in [3.8, 4) is 0 Å². The molecule has 11 atom stereocenters. The minimum Gasteiger partial charge on any atom is -0.481 e. The molecule has 0 radical (unpaired) electrons. The number of aliphatic carboxylic acids is 2. The fourth-order valence-corrected chi connectivity index (χ4v) is 10.8. The Morgan fingerprint density at radius 1 is 0.861 bits per heavy atom. The largest absolute Gasteiger partial charge is 0.481 e. The number of allylic oxidation sites excluding steroid dienone is 1. The highest BCUT2D eigenvalue weighted by molar-refractivity contribution is 5.77. The number of aliphatic hydroxyl groups is 2. The first kappa shape index (κ1) is 26.2. The van der Waals surface area contributed by atoms with Gasteiger partial charge in [-0.05, 0) is 106 Å². The third-order valence-electron chi connectivity index (χ3n) is 13.6. The lowest BCUT2D eigenvalue weighted by Crippen LogP contribution is -2.68. The van der Waals surface area contributed by atoms with Crippen molar-refractivity contribution in [3.05, 3.63) is 11.6 Å². The molecule has 0 aromatic rings. The highest BCUT2D eigenvalue weighted by Crippen LogP contribution is 2.76. The van der Waals surface area contributed by atoms with Crippen molar-refractivity contribution in [2.24, 2.45) is 50.7 Å². The molecular formula is C30H46O6. The van der Waals surface area contributed by atoms with E-state index in [1.54, 1.807) is 6.92 Å². The van der Waals surface area contributed by atoms with Crippen LogP contribution in [0.25, 0.3) is 0 Å². The molecule has 0 bridgehead atoms. The van der Waals surface area contributed by atoms with Gasteiger partial charge in [-0.3, -0.25) is 9.59 Å². The Hall–Kier alpha value is -1.40. The van der Waals surface area contributed by atoms with E-state index in [9.17, 15) is 30.0 Å². The maximum absolute atomic E-state index is 12.8. The molecule has 5 aliphatic carbocycles. The maximum Gasteiger partial charge on any atom is 0.312 e. The van der Waals surface area contributed by atoms with Gasteiger partial charge in [0, 0.05) is 5.92 Å². The molecule has 4 fully saturated rings. The number of carboxylic acids is 2. The molecule has 0 amide bonds. The number of hydrogen-bond donors (Lipinski definition) is 4. The summed E-state index contributed by atoms with van der Waals surface area (Å²) in [6.07, 6.45) is 7.77. The van der Waals surface area contributed by atoms with E-state index in [1.165, 1.54) is 0 Å². The van der Waals surface area contributed by atoms with Gasteiger partial charge in [-0.2, -0.15) is 0 Å². The standard InChI is InChI=1S/C30H46O6/c1-17-9-14-30(24(34)35)16-15-26(3)18(22(30)29(17,6)36)7-8-19-25(2)12-11-21(31)28(5,23(32)33)20(25)10-13-27(19,26)4/h7,17,19-22,31,36H,8-16H2,1-6H3,(H,32,33)(H,34,35)/t17-,19-,20+,21-,22+,25+,26+,27-,28-,29-,30+/m0/s1. The monoisotopic (exact) mass is 502 g/mol. The van der Waals surface area contributed by atoms with Gasteiger partial charge in [0.2, 0.25) is 0 Å². The average Bonchev–Trinajstić information content (AvgIpc) is 2.79. The van der Waals surface area contributed by atoms with Crippen molar-refractivity contribution in [2.75, 3.05) is 0 Å². The van der Waals surface area contributed by atoms with Crippen LogP contribution in [0.1, 0.15) is 99.3 Å². The summed E-state index contributed by atoms with van der Waals surface area (Å²) in [5, 5.41) is 43.5. The third kappa shape index (κ3) is 2.81. The van der Waals surface area contributed by atoms with Crippen LogP contribution in [0.3, 0.4) is 0 Å². The van der Waals surface area contributed by atoms with Crippen molar-refractivity contribution in [3.63, 3.8) is 0 Å². The van der Waals surface area contributed by atoms with Crippen LogP contribution in [-0.4, -0.2) is 44.1 Å². The average molecular weight is 503 g/mol. The highest BCUT2D eigenvalue weighted by Gasteiger charge is 2.72. The SMILES string of the molecule is C[C@H]1CC[C@@]2(C(=O)O)CC[C@]3(C)C(=CC[C@H]4[C@@]5(C)CC[C@H](O)[C@@](C)(C(=O)O)[C@@H]5CC[C@@]43C)[C@@H]2[C@@]1(C)O. The van der Waals surface area contributed by atoms with Crippen LogP contribution >= 0.6 is 0 Å². The molecular weight excluding hydrogens is 456 g/mol. The van der Waals surface area contributed by atoms with Crippen molar-refractivity contribution >= 4 is 11.9 Å². The summed E-state index contributed by atoms with van der Waals surface area (Å²) in [5.41, 5.74) is -2.66. The second kappa shape index (κ2) is 7.59. The minimum absolute atomic E-state index is 0.0214. The molecule has 0 heterocycles. The molecule has 4 saturated carbocycles. The van der Waals surface area contributed by atoms with Gasteiger partial charge in [0.1, 0.15) is 0 Å². The summed E-state index contributed by atoms with van der Waals surface area (Å²) < 4.78 is 0. The number of carboxylic acid groups (broad SMARTS) is 2. The van der Waals surface area contributed by atoms with Gasteiger partial charge >= 0.3 is 11.9 Å². The molecule has 0 aliphatic heterocycles. The first-order valence-electron chi connectivity index (χ1n) is 14.1. The van der Waals surface area contributed by atoms with E-state index in [0.29, 0.717) is 19.3 Å². The summed E-state index contributed by atoms with van der Waals surface area (Å²) in [6, 6.07) is 0. The zero-order valence-corrected chi connectivity index (χ0v) is 22.9. The smallest absolute Gasteiger partial charge is 0.312 e. The normalized spacial score (nSPS) is 56.3. The Kier molecular flexibility index (Phi) is 5.53. The van der Waals surface area contributed by atoms with Crippen molar-refractivity contribution < 1.29 is 30.0 Å². The van der Waals surface area contributed by atoms with Gasteiger partial charge in [-0.25, -0.2) is 0 Å². The van der Waals surface area contributed by atoms with Crippen LogP contribution in [0.5, 0.6) is 0 Å². The van der Waals surface area contributed by atoms with E-state index < -0.39 is 40.4 Å². The second-order valence-corrected chi connectivity index (χ2v) is 14.5. The molecule has 4 N–H and O–H groups in total. The first-order chi connectivity index (χ1) is 16.5. The van der Waals surface area contributed by atoms with Gasteiger partial charge in [0.15, 0.2) is 0 Å². The zero-order chi connectivity index (χ0) is 26.7. The number of rotatable bonds is 2. The van der Waals surface area contributed by atoms with Crippen LogP contribution in [-0.2, 0) is 9.59 Å². The Labute approximate surface area is 215 Å². The lowest BCUT2D eigenvalue weighted by molar-refractivity contribution is -0.224. The lowest BCUT2D eigenvalue weighted by atomic mass is 9.33. The second-order valence-electron chi connectivity index (χ2n) is 14.5. The fourth-order valence-electron chi connectivity index (χ4n) is 10.8. The Balaban J connectivity index is 1.64. The topological polar surface area (TPSA) is 115 Å². The molecule has 5 aliphatic rings. The van der Waals surface area contributed by atoms with E-state index in [1.807, 2.05) is 6.92 Å². The van der Waals surface area contributed by atoms with Crippen LogP contribution in [0.2, 0.25) is 0 Å². The van der Waals surface area contributed by atoms with E-state index in [-0.39, 0.29) is 34.0 Å². The van der Waals surface area contributed by atoms with Gasteiger partial charge in [-0.15, -0.1) is 0 Å². The van der Waals surface area contributed by atoms with Gasteiger partial charge in [0.25, 0.3) is 0 Å². The minimum atomic E-state index is -1.16. The third-order valence-corrected chi connectivity index (χ3v) is 13.6. The predicted octanol–water partition coefficient (Wildman–Crippen LogP) is 5.27. The van der Waals surface area contributed by atoms with Gasteiger partial charge < -0.3 is 20.4 Å². The Bertz CT molecular complexity index is 1020. The van der Waals surface area contributed by atoms with Crippen molar-refractivity contribution in [2.45, 2.75) is 111 Å². The molecule has 36 heavy (non-hydrogen) atoms. The summed E-state index contributed by atoms with van der Waals surface area (Å²) in [5.74, 6) is -1.93.